The second kappa shape index (κ2) is 7.85. The third-order valence-corrected chi connectivity index (χ3v) is 5.49. The van der Waals surface area contributed by atoms with Crippen LogP contribution in [0.15, 0.2) is 41.1 Å². The highest BCUT2D eigenvalue weighted by molar-refractivity contribution is 5.69. The minimum atomic E-state index is -2.08. The van der Waals surface area contributed by atoms with E-state index in [1.807, 2.05) is 18.2 Å². The third-order valence-electron chi connectivity index (χ3n) is 5.49. The van der Waals surface area contributed by atoms with Crippen molar-refractivity contribution in [3.05, 3.63) is 58.3 Å². The Kier molecular flexibility index (Phi) is 5.45. The first-order chi connectivity index (χ1) is 14.3. The molecule has 1 aliphatic carbocycles. The number of rotatable bonds is 2. The first-order valence-electron chi connectivity index (χ1n) is 9.14. The second-order valence-corrected chi connectivity index (χ2v) is 6.95. The number of fused-ring (bicyclic) bond motifs is 1. The van der Waals surface area contributed by atoms with Crippen LogP contribution in [0.2, 0.25) is 0 Å². The molecule has 2 N–H and O–H groups in total. The number of nitriles is 3. The molecule has 0 unspecified atom stereocenters. The van der Waals surface area contributed by atoms with E-state index in [1.54, 1.807) is 13.0 Å². The molecule has 0 spiro atoms. The Balaban J connectivity index is 2.27. The van der Waals surface area contributed by atoms with Gasteiger partial charge in [0.25, 0.3) is 0 Å². The van der Waals surface area contributed by atoms with E-state index in [0.29, 0.717) is 11.6 Å². The predicted molar refractivity (Wildman–Crippen MR) is 99.8 cm³/mol. The molecule has 152 valence electrons. The summed E-state index contributed by atoms with van der Waals surface area (Å²) in [5.41, 5.74) is 4.04. The molecule has 0 saturated carbocycles. The van der Waals surface area contributed by atoms with E-state index < -0.39 is 35.0 Å². The summed E-state index contributed by atoms with van der Waals surface area (Å²) >= 11 is 0. The Labute approximate surface area is 171 Å². The topological polar surface area (TPSA) is 127 Å². The van der Waals surface area contributed by atoms with Crippen molar-refractivity contribution in [3.63, 3.8) is 0 Å². The minimum absolute atomic E-state index is 0.0320. The van der Waals surface area contributed by atoms with Crippen LogP contribution in [-0.2, 0) is 4.74 Å². The van der Waals surface area contributed by atoms with Crippen molar-refractivity contribution in [1.29, 1.82) is 15.8 Å². The lowest BCUT2D eigenvalue weighted by atomic mass is 9.58. The van der Waals surface area contributed by atoms with Crippen LogP contribution in [0.25, 0.3) is 0 Å². The molecule has 1 aliphatic heterocycles. The Bertz CT molecular complexity index is 1080. The molecule has 0 radical (unpaired) electrons. The second-order valence-electron chi connectivity index (χ2n) is 6.95. The van der Waals surface area contributed by atoms with Gasteiger partial charge in [0, 0.05) is 31.0 Å². The summed E-state index contributed by atoms with van der Waals surface area (Å²) in [6.45, 7) is 1.88. The van der Waals surface area contributed by atoms with Gasteiger partial charge in [-0.25, -0.2) is 13.6 Å². The molecule has 0 aromatic heterocycles. The van der Waals surface area contributed by atoms with E-state index in [2.05, 4.69) is 0 Å². The molecule has 2 atom stereocenters. The number of amides is 1. The Morgan fingerprint density at radius 1 is 1.33 bits per heavy atom. The number of ether oxygens (including phenoxy) is 1. The summed E-state index contributed by atoms with van der Waals surface area (Å²) < 4.78 is 33.3. The molecule has 0 bridgehead atoms. The molecule has 0 saturated heterocycles. The zero-order chi connectivity index (χ0) is 22.1. The summed E-state index contributed by atoms with van der Waals surface area (Å²) in [7, 11) is 0. The van der Waals surface area contributed by atoms with Gasteiger partial charge >= 0.3 is 6.09 Å². The van der Waals surface area contributed by atoms with Gasteiger partial charge in [0.1, 0.15) is 17.7 Å². The van der Waals surface area contributed by atoms with Crippen LogP contribution in [-0.4, -0.2) is 30.7 Å². The highest BCUT2D eigenvalue weighted by Gasteiger charge is 2.55. The lowest BCUT2D eigenvalue weighted by molar-refractivity contribution is 0.0997. The van der Waals surface area contributed by atoms with E-state index in [9.17, 15) is 29.4 Å². The molecular weight excluding hydrogens is 392 g/mol. The monoisotopic (exact) mass is 409 g/mol. The van der Waals surface area contributed by atoms with Crippen LogP contribution < -0.4 is 5.73 Å². The highest BCUT2D eigenvalue weighted by atomic mass is 19.1. The molecule has 0 fully saturated rings. The number of nitrogens with zero attached hydrogens (tertiary/aromatic N) is 4. The number of halogens is 2. The van der Waals surface area contributed by atoms with Gasteiger partial charge in [0.05, 0.1) is 30.0 Å². The Morgan fingerprint density at radius 3 is 2.60 bits per heavy atom. The number of nitrogens with two attached hydrogens (primary N) is 1. The molecule has 1 heterocycles. The van der Waals surface area contributed by atoms with Crippen molar-refractivity contribution in [1.82, 2.24) is 4.90 Å². The fraction of sp³-hybridized carbons (Fsp3) is 0.333. The highest BCUT2D eigenvalue weighted by Crippen LogP contribution is 2.54. The fourth-order valence-corrected chi connectivity index (χ4v) is 4.14. The van der Waals surface area contributed by atoms with Crippen molar-refractivity contribution in [2.45, 2.75) is 12.8 Å². The molecule has 2 aliphatic rings. The summed E-state index contributed by atoms with van der Waals surface area (Å²) in [5, 5.41) is 29.5. The number of allylic oxidation sites excluding steroid dienone is 2. The van der Waals surface area contributed by atoms with Crippen molar-refractivity contribution < 1.29 is 18.3 Å². The van der Waals surface area contributed by atoms with Crippen LogP contribution in [0, 0.1) is 57.0 Å². The Morgan fingerprint density at radius 2 is 2.03 bits per heavy atom. The van der Waals surface area contributed by atoms with Gasteiger partial charge in [0.2, 0.25) is 0 Å². The lowest BCUT2D eigenvalue weighted by Crippen LogP contribution is -2.49. The zero-order valence-corrected chi connectivity index (χ0v) is 16.0. The quantitative estimate of drug-likeness (QED) is 0.800. The molecular formula is C21H17F2N5O2. The fourth-order valence-electron chi connectivity index (χ4n) is 4.14. The van der Waals surface area contributed by atoms with E-state index in [0.717, 1.165) is 12.1 Å². The van der Waals surface area contributed by atoms with Crippen LogP contribution >= 0.6 is 0 Å². The maximum absolute atomic E-state index is 14.8. The maximum Gasteiger partial charge on any atom is 0.410 e. The first kappa shape index (κ1) is 20.8. The lowest BCUT2D eigenvalue weighted by Gasteiger charge is -2.45. The molecule has 7 nitrogen and oxygen atoms in total. The normalized spacial score (nSPS) is 22.1. The van der Waals surface area contributed by atoms with Crippen LogP contribution in [0.1, 0.15) is 18.4 Å². The van der Waals surface area contributed by atoms with Crippen LogP contribution in [0.5, 0.6) is 0 Å². The van der Waals surface area contributed by atoms with E-state index in [1.165, 1.54) is 4.90 Å². The molecule has 1 aromatic rings. The van der Waals surface area contributed by atoms with E-state index >= 15 is 0 Å². The van der Waals surface area contributed by atoms with Crippen LogP contribution in [0.3, 0.4) is 0 Å². The molecule has 1 amide bonds. The smallest absolute Gasteiger partial charge is 0.410 e. The predicted octanol–water partition coefficient (Wildman–Crippen LogP) is 2.85. The van der Waals surface area contributed by atoms with Crippen LogP contribution in [0.4, 0.5) is 13.6 Å². The average molecular weight is 409 g/mol. The first-order valence-corrected chi connectivity index (χ1v) is 9.14. The Hall–Kier alpha value is -3.90. The van der Waals surface area contributed by atoms with Crippen molar-refractivity contribution in [2.24, 2.45) is 17.1 Å². The van der Waals surface area contributed by atoms with Gasteiger partial charge in [-0.15, -0.1) is 0 Å². The van der Waals surface area contributed by atoms with Gasteiger partial charge in [-0.1, -0.05) is 12.1 Å². The molecule has 30 heavy (non-hydrogen) atoms. The van der Waals surface area contributed by atoms with Crippen molar-refractivity contribution in [3.8, 4) is 18.2 Å². The number of carbonyl (C=O) groups excluding carboxylic acids is 1. The maximum atomic E-state index is 14.8. The average Bonchev–Trinajstić information content (AvgIpc) is 2.73. The summed E-state index contributed by atoms with van der Waals surface area (Å²) in [4.78, 5) is 13.6. The third kappa shape index (κ3) is 3.03. The number of hydrogen-bond donors (Lipinski definition) is 1. The number of benzene rings is 1. The van der Waals surface area contributed by atoms with Gasteiger partial charge in [-0.05, 0) is 24.1 Å². The van der Waals surface area contributed by atoms with Crippen molar-refractivity contribution in [2.75, 3.05) is 19.7 Å². The summed E-state index contributed by atoms with van der Waals surface area (Å²) in [6, 6.07) is 8.48. The van der Waals surface area contributed by atoms with Gasteiger partial charge in [0.15, 0.2) is 5.41 Å². The SMILES string of the molecule is CCOC(=O)N1CC=C2C(C#N)=C(N)C(C#N)(C#N)[C@@H](c3ccc(F)cc3F)[C@H]2C1. The van der Waals surface area contributed by atoms with E-state index in [4.69, 9.17) is 10.5 Å². The number of hydrogen-bond acceptors (Lipinski definition) is 6. The summed E-state index contributed by atoms with van der Waals surface area (Å²) in [5.74, 6) is -3.74. The molecule has 9 heteroatoms. The van der Waals surface area contributed by atoms with Crippen molar-refractivity contribution >= 4 is 6.09 Å². The largest absolute Gasteiger partial charge is 0.450 e. The minimum Gasteiger partial charge on any atom is -0.450 e. The van der Waals surface area contributed by atoms with Gasteiger partial charge < -0.3 is 15.4 Å². The van der Waals surface area contributed by atoms with Gasteiger partial charge in [-0.2, -0.15) is 15.8 Å². The van der Waals surface area contributed by atoms with Gasteiger partial charge in [-0.3, -0.25) is 0 Å². The standard InChI is InChI=1S/C21H17F2N5O2/c1-2-30-20(29)28-6-5-13-15(8-24)19(27)21(10-25,11-26)18(16(13)9-28)14-4-3-12(22)7-17(14)23/h3-5,7,16,18H,2,6,9,27H2,1H3/t16-,18-/m0/s1. The summed E-state index contributed by atoms with van der Waals surface area (Å²) in [6.07, 6.45) is 0.968. The number of carbonyl (C=O) groups is 1. The zero-order valence-electron chi connectivity index (χ0n) is 16.0. The molecule has 1 aromatic carbocycles. The molecule has 3 rings (SSSR count). The van der Waals surface area contributed by atoms with E-state index in [-0.39, 0.29) is 36.5 Å².